The van der Waals surface area contributed by atoms with E-state index in [0.29, 0.717) is 5.39 Å². The monoisotopic (exact) mass is 322 g/mol. The van der Waals surface area contributed by atoms with Gasteiger partial charge in [0, 0.05) is 5.39 Å². The van der Waals surface area contributed by atoms with E-state index in [0.717, 1.165) is 10.9 Å². The zero-order chi connectivity index (χ0) is 16.9. The summed E-state index contributed by atoms with van der Waals surface area (Å²) in [5.41, 5.74) is 0.962. The highest BCUT2D eigenvalue weighted by atomic mass is 19.2. The van der Waals surface area contributed by atoms with E-state index < -0.39 is 7.47 Å². The Kier molecular flexibility index (Phi) is 4.70. The summed E-state index contributed by atoms with van der Waals surface area (Å²) >= 11 is 0. The van der Waals surface area contributed by atoms with Crippen molar-refractivity contribution in [3.8, 4) is 5.75 Å². The van der Waals surface area contributed by atoms with Gasteiger partial charge in [0.15, 0.2) is 5.78 Å². The third-order valence-corrected chi connectivity index (χ3v) is 3.58. The molecule has 0 aromatic heterocycles. The smallest absolute Gasteiger partial charge is 0.504 e. The van der Waals surface area contributed by atoms with Gasteiger partial charge < -0.3 is 4.65 Å². The summed E-state index contributed by atoms with van der Waals surface area (Å²) in [6.07, 6.45) is 3.00. The maximum atomic E-state index is 12.8. The topological polar surface area (TPSA) is 26.3 Å². The normalized spacial score (nSPS) is 10.9. The number of allylic oxidation sites excluding steroid dienone is 1. The molecular formula is C19H13BF2O2. The van der Waals surface area contributed by atoms with Crippen molar-refractivity contribution >= 4 is 30.1 Å². The second kappa shape index (κ2) is 7.09. The number of carbonyl (C=O) groups is 1. The van der Waals surface area contributed by atoms with Crippen molar-refractivity contribution in [2.24, 2.45) is 0 Å². The fourth-order valence-corrected chi connectivity index (χ4v) is 2.48. The van der Waals surface area contributed by atoms with Crippen molar-refractivity contribution in [1.29, 1.82) is 0 Å². The largest absolute Gasteiger partial charge is 0.796 e. The summed E-state index contributed by atoms with van der Waals surface area (Å²) in [6.45, 7) is 0. The van der Waals surface area contributed by atoms with Crippen molar-refractivity contribution in [1.82, 2.24) is 0 Å². The van der Waals surface area contributed by atoms with Gasteiger partial charge in [0.1, 0.15) is 5.75 Å². The van der Waals surface area contributed by atoms with Crippen LogP contribution in [0.15, 0.2) is 72.8 Å². The average molecular weight is 322 g/mol. The van der Waals surface area contributed by atoms with Crippen LogP contribution < -0.4 is 4.65 Å². The Morgan fingerprint density at radius 1 is 0.917 bits per heavy atom. The number of hydrogen-bond donors (Lipinski definition) is 0. The first-order valence-electron chi connectivity index (χ1n) is 7.39. The molecule has 0 atom stereocenters. The average Bonchev–Trinajstić information content (AvgIpc) is 2.60. The maximum absolute atomic E-state index is 12.8. The SMILES string of the molecule is O=C(C=Cc1ccccc1)c1ccc2ccccc2c1OB(F)F. The molecule has 0 spiro atoms. The molecule has 0 unspecified atom stereocenters. The third kappa shape index (κ3) is 3.51. The Labute approximate surface area is 138 Å². The second-order valence-electron chi connectivity index (χ2n) is 5.15. The molecule has 0 bridgehead atoms. The number of benzene rings is 3. The molecule has 0 aliphatic carbocycles. The second-order valence-corrected chi connectivity index (χ2v) is 5.15. The molecule has 118 valence electrons. The molecule has 0 heterocycles. The Bertz CT molecular complexity index is 892. The number of ketones is 1. The summed E-state index contributed by atoms with van der Waals surface area (Å²) in [4.78, 5) is 12.5. The Morgan fingerprint density at radius 3 is 2.38 bits per heavy atom. The van der Waals surface area contributed by atoms with Gasteiger partial charge >= 0.3 is 7.47 Å². The van der Waals surface area contributed by atoms with Crippen LogP contribution in [0.2, 0.25) is 0 Å². The molecule has 3 aromatic carbocycles. The summed E-state index contributed by atoms with van der Waals surface area (Å²) < 4.78 is 30.2. The number of rotatable bonds is 5. The van der Waals surface area contributed by atoms with Crippen LogP contribution in [0.1, 0.15) is 15.9 Å². The van der Waals surface area contributed by atoms with E-state index in [-0.39, 0.29) is 17.1 Å². The van der Waals surface area contributed by atoms with Gasteiger partial charge in [-0.3, -0.25) is 4.79 Å². The molecule has 5 heteroatoms. The molecule has 3 rings (SSSR count). The minimum absolute atomic E-state index is 0.0918. The van der Waals surface area contributed by atoms with Crippen LogP contribution in [0.5, 0.6) is 5.75 Å². The van der Waals surface area contributed by atoms with Gasteiger partial charge in [-0.15, -0.1) is 0 Å². The summed E-state index contributed by atoms with van der Waals surface area (Å²) in [5, 5.41) is 1.22. The van der Waals surface area contributed by atoms with Crippen LogP contribution in [-0.2, 0) is 0 Å². The molecule has 0 amide bonds. The number of hydrogen-bond acceptors (Lipinski definition) is 2. The Balaban J connectivity index is 2.01. The highest BCUT2D eigenvalue weighted by Gasteiger charge is 2.23. The maximum Gasteiger partial charge on any atom is 0.796 e. The summed E-state index contributed by atoms with van der Waals surface area (Å²) in [5.74, 6) is -0.480. The molecule has 0 N–H and O–H groups in total. The van der Waals surface area contributed by atoms with E-state index in [1.807, 2.05) is 30.3 Å². The van der Waals surface area contributed by atoms with Crippen molar-refractivity contribution in [2.45, 2.75) is 0 Å². The minimum Gasteiger partial charge on any atom is -0.504 e. The fraction of sp³-hybridized carbons (Fsp3) is 0. The quantitative estimate of drug-likeness (QED) is 0.374. The summed E-state index contributed by atoms with van der Waals surface area (Å²) in [6, 6.07) is 19.5. The van der Waals surface area contributed by atoms with Crippen molar-refractivity contribution in [3.05, 3.63) is 83.9 Å². The lowest BCUT2D eigenvalue weighted by atomic mass is 10.0. The highest BCUT2D eigenvalue weighted by Crippen LogP contribution is 2.31. The zero-order valence-corrected chi connectivity index (χ0v) is 12.7. The van der Waals surface area contributed by atoms with E-state index in [1.165, 1.54) is 12.1 Å². The van der Waals surface area contributed by atoms with E-state index in [9.17, 15) is 13.4 Å². The van der Waals surface area contributed by atoms with Crippen LogP contribution in [0.4, 0.5) is 8.63 Å². The summed E-state index contributed by atoms with van der Waals surface area (Å²) in [7, 11) is -3.00. The standard InChI is InChI=1S/C19H13BF2O2/c21-20(22)24-19-16-9-5-4-8-15(16)11-12-17(19)18(23)13-10-14-6-2-1-3-7-14/h1-13H. The molecule has 24 heavy (non-hydrogen) atoms. The predicted molar refractivity (Wildman–Crippen MR) is 92.4 cm³/mol. The van der Waals surface area contributed by atoms with Gasteiger partial charge in [0.05, 0.1) is 5.56 Å². The van der Waals surface area contributed by atoms with Crippen molar-refractivity contribution in [2.75, 3.05) is 0 Å². The minimum atomic E-state index is -3.00. The van der Waals surface area contributed by atoms with Crippen LogP contribution in [-0.4, -0.2) is 13.3 Å². The van der Waals surface area contributed by atoms with Gasteiger partial charge in [-0.1, -0.05) is 66.7 Å². The van der Waals surface area contributed by atoms with Crippen LogP contribution >= 0.6 is 0 Å². The molecule has 0 saturated carbocycles. The predicted octanol–water partition coefficient (Wildman–Crippen LogP) is 5.04. The van der Waals surface area contributed by atoms with Crippen molar-refractivity contribution < 1.29 is 18.1 Å². The number of halogens is 2. The molecular weight excluding hydrogens is 309 g/mol. The van der Waals surface area contributed by atoms with Crippen LogP contribution in [0.3, 0.4) is 0 Å². The number of fused-ring (bicyclic) bond motifs is 1. The fourth-order valence-electron chi connectivity index (χ4n) is 2.48. The van der Waals surface area contributed by atoms with E-state index >= 15 is 0 Å². The first-order chi connectivity index (χ1) is 11.6. The van der Waals surface area contributed by atoms with Crippen LogP contribution in [0, 0.1) is 0 Å². The molecule has 0 aliphatic heterocycles. The van der Waals surface area contributed by atoms with E-state index in [4.69, 9.17) is 0 Å². The molecule has 2 nitrogen and oxygen atoms in total. The van der Waals surface area contributed by atoms with Gasteiger partial charge in [0.25, 0.3) is 0 Å². The number of carbonyl (C=O) groups excluding carboxylic acids is 1. The Hall–Kier alpha value is -2.95. The molecule has 0 aliphatic rings. The molecule has 0 radical (unpaired) electrons. The molecule has 3 aromatic rings. The first-order valence-corrected chi connectivity index (χ1v) is 7.39. The lowest BCUT2D eigenvalue weighted by Gasteiger charge is -2.11. The van der Waals surface area contributed by atoms with Gasteiger partial charge in [0.2, 0.25) is 0 Å². The lowest BCUT2D eigenvalue weighted by molar-refractivity contribution is 0.104. The Morgan fingerprint density at radius 2 is 1.62 bits per heavy atom. The van der Waals surface area contributed by atoms with Crippen LogP contribution in [0.25, 0.3) is 16.8 Å². The van der Waals surface area contributed by atoms with Gasteiger partial charge in [-0.2, -0.15) is 0 Å². The van der Waals surface area contributed by atoms with Crippen molar-refractivity contribution in [3.63, 3.8) is 0 Å². The van der Waals surface area contributed by atoms with Gasteiger partial charge in [-0.25, -0.2) is 8.63 Å². The molecule has 0 fully saturated rings. The highest BCUT2D eigenvalue weighted by molar-refractivity contribution is 6.36. The molecule has 0 saturated heterocycles. The van der Waals surface area contributed by atoms with E-state index in [1.54, 1.807) is 36.4 Å². The third-order valence-electron chi connectivity index (χ3n) is 3.58. The van der Waals surface area contributed by atoms with Gasteiger partial charge in [-0.05, 0) is 23.1 Å². The lowest BCUT2D eigenvalue weighted by Crippen LogP contribution is -2.12. The van der Waals surface area contributed by atoms with E-state index in [2.05, 4.69) is 4.65 Å². The first kappa shape index (κ1) is 15.9. The zero-order valence-electron chi connectivity index (χ0n) is 12.7.